The van der Waals surface area contributed by atoms with Crippen molar-refractivity contribution in [3.63, 3.8) is 0 Å². The molecule has 3 aliphatic rings. The molecule has 2 aliphatic carbocycles. The number of aryl methyl sites for hydroxylation is 2. The molecule has 0 unspecified atom stereocenters. The molecule has 1 heterocycles. The first-order chi connectivity index (χ1) is 17.8. The van der Waals surface area contributed by atoms with Gasteiger partial charge >= 0.3 is 0 Å². The summed E-state index contributed by atoms with van der Waals surface area (Å²) in [5.41, 5.74) is 4.26. The number of Topliss-reactive ketones (excluding diaryl/α,β-unsaturated/α-hetero) is 1. The molecule has 186 valence electrons. The predicted molar refractivity (Wildman–Crippen MR) is 146 cm³/mol. The number of benzene rings is 3. The molecule has 0 N–H and O–H groups in total. The van der Waals surface area contributed by atoms with Gasteiger partial charge < -0.3 is 0 Å². The molecule has 0 aromatic heterocycles. The zero-order valence-electron chi connectivity index (χ0n) is 21.7. The van der Waals surface area contributed by atoms with Crippen LogP contribution < -0.4 is 4.90 Å². The molecule has 4 nitrogen and oxygen atoms in total. The molecule has 1 saturated heterocycles. The van der Waals surface area contributed by atoms with Crippen molar-refractivity contribution in [3.05, 3.63) is 101 Å². The van der Waals surface area contributed by atoms with E-state index < -0.39 is 22.7 Å². The smallest absolute Gasteiger partial charge is 0.239 e. The lowest BCUT2D eigenvalue weighted by Gasteiger charge is -2.38. The zero-order valence-corrected chi connectivity index (χ0v) is 21.7. The fraction of sp³-hybridized carbons (Fsp3) is 0.303. The van der Waals surface area contributed by atoms with E-state index in [0.717, 1.165) is 33.4 Å². The van der Waals surface area contributed by atoms with Crippen molar-refractivity contribution >= 4 is 34.4 Å². The quantitative estimate of drug-likeness (QED) is 0.389. The number of imide groups is 1. The van der Waals surface area contributed by atoms with E-state index in [0.29, 0.717) is 18.5 Å². The average Bonchev–Trinajstić information content (AvgIpc) is 3.41. The van der Waals surface area contributed by atoms with Gasteiger partial charge in [-0.15, -0.1) is 0 Å². The second-order valence-corrected chi connectivity index (χ2v) is 10.7. The largest absolute Gasteiger partial charge is 0.298 e. The topological polar surface area (TPSA) is 54.5 Å². The van der Waals surface area contributed by atoms with Crippen molar-refractivity contribution in [1.29, 1.82) is 0 Å². The fourth-order valence-corrected chi connectivity index (χ4v) is 7.75. The highest BCUT2D eigenvalue weighted by molar-refractivity contribution is 6.34. The van der Waals surface area contributed by atoms with E-state index in [9.17, 15) is 14.4 Å². The molecular formula is C33H31NO3. The number of anilines is 1. The van der Waals surface area contributed by atoms with Crippen LogP contribution in [0.2, 0.25) is 0 Å². The third kappa shape index (κ3) is 2.76. The minimum Gasteiger partial charge on any atom is -0.298 e. The second kappa shape index (κ2) is 8.11. The summed E-state index contributed by atoms with van der Waals surface area (Å²) in [6, 6.07) is 25.8. The van der Waals surface area contributed by atoms with Crippen molar-refractivity contribution in [2.45, 2.75) is 40.5 Å². The van der Waals surface area contributed by atoms with Crippen molar-refractivity contribution in [2.75, 3.05) is 4.90 Å². The Morgan fingerprint density at radius 1 is 0.676 bits per heavy atom. The van der Waals surface area contributed by atoms with E-state index in [1.807, 2.05) is 107 Å². The number of nitrogens with zero attached hydrogens (tertiary/aromatic N) is 1. The SMILES string of the molecule is CC[C@]12C(=O)[C@@](CC)(C(c3ccccc3)=C1c1ccccc1)[C@@H]1C(=O)N(c3ccc(C)cc3C)C(=O)[C@H]12. The van der Waals surface area contributed by atoms with Crippen LogP contribution in [0.1, 0.15) is 48.9 Å². The normalized spacial score (nSPS) is 28.4. The number of allylic oxidation sites excluding steroid dienone is 2. The third-order valence-electron chi connectivity index (χ3n) is 9.15. The molecule has 3 aromatic carbocycles. The first-order valence-corrected chi connectivity index (χ1v) is 13.2. The van der Waals surface area contributed by atoms with Gasteiger partial charge in [0, 0.05) is 0 Å². The first-order valence-electron chi connectivity index (χ1n) is 13.2. The number of amides is 2. The molecule has 1 saturated carbocycles. The van der Waals surface area contributed by atoms with Crippen molar-refractivity contribution in [2.24, 2.45) is 22.7 Å². The lowest BCUT2D eigenvalue weighted by molar-refractivity contribution is -0.134. The lowest BCUT2D eigenvalue weighted by Crippen LogP contribution is -2.42. The minimum atomic E-state index is -1.05. The average molecular weight is 490 g/mol. The minimum absolute atomic E-state index is 0.0414. The molecule has 0 radical (unpaired) electrons. The van der Waals surface area contributed by atoms with E-state index in [1.165, 1.54) is 4.90 Å². The van der Waals surface area contributed by atoms with Gasteiger partial charge in [0.05, 0.1) is 28.4 Å². The van der Waals surface area contributed by atoms with Gasteiger partial charge in [-0.3, -0.25) is 14.4 Å². The summed E-state index contributed by atoms with van der Waals surface area (Å²) in [4.78, 5) is 44.8. The molecule has 4 atom stereocenters. The van der Waals surface area contributed by atoms with E-state index >= 15 is 0 Å². The second-order valence-electron chi connectivity index (χ2n) is 10.7. The Morgan fingerprint density at radius 2 is 1.14 bits per heavy atom. The van der Waals surface area contributed by atoms with Crippen LogP contribution in [0.25, 0.3) is 11.1 Å². The molecule has 37 heavy (non-hydrogen) atoms. The summed E-state index contributed by atoms with van der Waals surface area (Å²) < 4.78 is 0. The van der Waals surface area contributed by atoms with Crippen LogP contribution in [-0.4, -0.2) is 17.6 Å². The number of carbonyl (C=O) groups is 3. The number of rotatable bonds is 5. The molecule has 2 fully saturated rings. The number of hydrogen-bond donors (Lipinski definition) is 0. The van der Waals surface area contributed by atoms with Gasteiger partial charge in [-0.2, -0.15) is 0 Å². The summed E-state index contributed by atoms with van der Waals surface area (Å²) in [5.74, 6) is -1.86. The van der Waals surface area contributed by atoms with Gasteiger partial charge in [0.2, 0.25) is 11.8 Å². The zero-order chi connectivity index (χ0) is 26.1. The molecule has 0 spiro atoms. The molecule has 6 rings (SSSR count). The molecule has 4 heteroatoms. The maximum Gasteiger partial charge on any atom is 0.239 e. The fourth-order valence-electron chi connectivity index (χ4n) is 7.75. The highest BCUT2D eigenvalue weighted by Gasteiger charge is 2.80. The van der Waals surface area contributed by atoms with Gasteiger partial charge in [0.1, 0.15) is 0 Å². The molecule has 2 bridgehead atoms. The van der Waals surface area contributed by atoms with Crippen LogP contribution in [0, 0.1) is 36.5 Å². The predicted octanol–water partition coefficient (Wildman–Crippen LogP) is 6.41. The summed E-state index contributed by atoms with van der Waals surface area (Å²) >= 11 is 0. The van der Waals surface area contributed by atoms with Crippen molar-refractivity contribution < 1.29 is 14.4 Å². The van der Waals surface area contributed by atoms with E-state index in [2.05, 4.69) is 0 Å². The van der Waals surface area contributed by atoms with Crippen LogP contribution in [0.5, 0.6) is 0 Å². The summed E-state index contributed by atoms with van der Waals surface area (Å²) in [5, 5.41) is 0. The van der Waals surface area contributed by atoms with Gasteiger partial charge in [-0.1, -0.05) is 92.2 Å². The monoisotopic (exact) mass is 489 g/mol. The highest BCUT2D eigenvalue weighted by atomic mass is 16.2. The Labute approximate surface area is 218 Å². The Kier molecular flexibility index (Phi) is 5.17. The standard InChI is InChI=1S/C33H31NO3/c1-5-32-25(22-13-9-7-10-14-22)26(23-15-11-8-12-16-23)33(6-2,31(32)37)28-27(32)29(35)34(30(28)36)24-18-17-20(3)19-21(24)4/h7-19,27-28H,5-6H2,1-4H3/t27-,28-,32-,33-/m0/s1. The van der Waals surface area contributed by atoms with E-state index in [-0.39, 0.29) is 17.6 Å². The maximum atomic E-state index is 14.7. The Morgan fingerprint density at radius 3 is 1.54 bits per heavy atom. The van der Waals surface area contributed by atoms with E-state index in [1.54, 1.807) is 0 Å². The third-order valence-corrected chi connectivity index (χ3v) is 9.15. The summed E-state index contributed by atoms with van der Waals surface area (Å²) in [6.07, 6.45) is 0.935. The Balaban J connectivity index is 1.67. The molecular weight excluding hydrogens is 458 g/mol. The van der Waals surface area contributed by atoms with Crippen molar-refractivity contribution in [3.8, 4) is 0 Å². The van der Waals surface area contributed by atoms with E-state index in [4.69, 9.17) is 0 Å². The van der Waals surface area contributed by atoms with Crippen LogP contribution in [-0.2, 0) is 14.4 Å². The highest BCUT2D eigenvalue weighted by Crippen LogP contribution is 2.75. The number of fused-ring (bicyclic) bond motifs is 5. The van der Waals surface area contributed by atoms with Crippen LogP contribution in [0.3, 0.4) is 0 Å². The molecule has 1 aliphatic heterocycles. The van der Waals surface area contributed by atoms with Crippen molar-refractivity contribution in [1.82, 2.24) is 0 Å². The van der Waals surface area contributed by atoms with Gasteiger partial charge in [0.15, 0.2) is 5.78 Å². The molecule has 3 aromatic rings. The Hall–Kier alpha value is -3.79. The number of carbonyl (C=O) groups excluding carboxylic acids is 3. The van der Waals surface area contributed by atoms with Crippen LogP contribution >= 0.6 is 0 Å². The maximum absolute atomic E-state index is 14.7. The molecule has 2 amide bonds. The number of ketones is 1. The van der Waals surface area contributed by atoms with Gasteiger partial charge in [-0.25, -0.2) is 4.90 Å². The van der Waals surface area contributed by atoms with Gasteiger partial charge in [0.25, 0.3) is 0 Å². The van der Waals surface area contributed by atoms with Gasteiger partial charge in [-0.05, 0) is 60.6 Å². The number of hydrogen-bond acceptors (Lipinski definition) is 3. The summed E-state index contributed by atoms with van der Waals surface area (Å²) in [7, 11) is 0. The van der Waals surface area contributed by atoms with Crippen LogP contribution in [0.4, 0.5) is 5.69 Å². The summed E-state index contributed by atoms with van der Waals surface area (Å²) in [6.45, 7) is 7.92. The first kappa shape index (κ1) is 23.6. The Bertz CT molecular complexity index is 1400. The lowest BCUT2D eigenvalue weighted by atomic mass is 9.60. The van der Waals surface area contributed by atoms with Crippen LogP contribution in [0.15, 0.2) is 78.9 Å².